The first kappa shape index (κ1) is 18.1. The van der Waals surface area contributed by atoms with Gasteiger partial charge < -0.3 is 19.9 Å². The van der Waals surface area contributed by atoms with Crippen molar-refractivity contribution in [1.29, 1.82) is 0 Å². The molecule has 1 aliphatic heterocycles. The second-order valence-corrected chi connectivity index (χ2v) is 9.23. The molecule has 1 aromatic heterocycles. The lowest BCUT2D eigenvalue weighted by Crippen LogP contribution is -2.43. The summed E-state index contributed by atoms with van der Waals surface area (Å²) < 4.78 is 7.74. The van der Waals surface area contributed by atoms with E-state index in [9.17, 15) is 4.79 Å². The van der Waals surface area contributed by atoms with Crippen LogP contribution in [0.2, 0.25) is 0 Å². The Bertz CT molecular complexity index is 874. The molecule has 0 atom stereocenters. The number of aryl methyl sites for hydroxylation is 1. The highest BCUT2D eigenvalue weighted by atomic mass is 16.6. The molecule has 2 aliphatic rings. The van der Waals surface area contributed by atoms with Crippen molar-refractivity contribution >= 4 is 23.1 Å². The molecule has 2 fully saturated rings. The van der Waals surface area contributed by atoms with Crippen molar-refractivity contribution in [3.05, 3.63) is 23.8 Å². The van der Waals surface area contributed by atoms with Crippen LogP contribution < -0.4 is 5.73 Å². The Morgan fingerprint density at radius 1 is 1.37 bits per heavy atom. The summed E-state index contributed by atoms with van der Waals surface area (Å²) in [5.74, 6) is 0.597. The minimum absolute atomic E-state index is 0.192. The van der Waals surface area contributed by atoms with Gasteiger partial charge in [0.25, 0.3) is 0 Å². The molecular formula is C21H30N4O2. The highest BCUT2D eigenvalue weighted by Gasteiger charge is 2.51. The quantitative estimate of drug-likeness (QED) is 0.862. The zero-order valence-electron chi connectivity index (χ0n) is 16.8. The van der Waals surface area contributed by atoms with Crippen LogP contribution in [0.3, 0.4) is 0 Å². The summed E-state index contributed by atoms with van der Waals surface area (Å²) in [6.07, 6.45) is 3.93. The lowest BCUT2D eigenvalue weighted by molar-refractivity contribution is 0.0200. The summed E-state index contributed by atoms with van der Waals surface area (Å²) in [7, 11) is 0. The molecule has 6 heteroatoms. The highest BCUT2D eigenvalue weighted by molar-refractivity contribution is 5.79. The van der Waals surface area contributed by atoms with E-state index >= 15 is 0 Å². The summed E-state index contributed by atoms with van der Waals surface area (Å²) >= 11 is 0. The van der Waals surface area contributed by atoms with Crippen LogP contribution in [0.25, 0.3) is 11.0 Å². The smallest absolute Gasteiger partial charge is 0.410 e. The number of carbonyl (C=O) groups excluding carboxylic acids is 1. The Labute approximate surface area is 160 Å². The summed E-state index contributed by atoms with van der Waals surface area (Å²) in [5, 5.41) is 0. The zero-order valence-corrected chi connectivity index (χ0v) is 16.8. The Kier molecular flexibility index (Phi) is 4.13. The number of rotatable bonds is 2. The summed E-state index contributed by atoms with van der Waals surface area (Å²) in [6.45, 7) is 9.45. The number of fused-ring (bicyclic) bond motifs is 1. The van der Waals surface area contributed by atoms with Gasteiger partial charge >= 0.3 is 6.09 Å². The van der Waals surface area contributed by atoms with Gasteiger partial charge in [-0.25, -0.2) is 9.78 Å². The van der Waals surface area contributed by atoms with Crippen LogP contribution in [0.4, 0.5) is 10.7 Å². The van der Waals surface area contributed by atoms with E-state index in [2.05, 4.69) is 34.7 Å². The number of hydrogen-bond acceptors (Lipinski definition) is 4. The molecule has 2 heterocycles. The largest absolute Gasteiger partial charge is 0.444 e. The van der Waals surface area contributed by atoms with Crippen molar-refractivity contribution in [2.24, 2.45) is 5.41 Å². The normalized spacial score (nSPS) is 25.2. The fourth-order valence-electron chi connectivity index (χ4n) is 4.63. The van der Waals surface area contributed by atoms with Crippen LogP contribution in [-0.2, 0) is 11.2 Å². The van der Waals surface area contributed by atoms with Crippen LogP contribution in [0.15, 0.2) is 18.2 Å². The minimum atomic E-state index is -0.448. The highest BCUT2D eigenvalue weighted by Crippen LogP contribution is 2.55. The number of benzene rings is 1. The first-order chi connectivity index (χ1) is 12.7. The van der Waals surface area contributed by atoms with Gasteiger partial charge in [0, 0.05) is 19.1 Å². The van der Waals surface area contributed by atoms with Gasteiger partial charge in [-0.15, -0.1) is 0 Å². The molecule has 1 spiro atoms. The van der Waals surface area contributed by atoms with Gasteiger partial charge in [-0.2, -0.15) is 0 Å². The Balaban J connectivity index is 1.48. The van der Waals surface area contributed by atoms with Gasteiger partial charge in [-0.3, -0.25) is 0 Å². The number of carbonyl (C=O) groups is 1. The van der Waals surface area contributed by atoms with E-state index in [-0.39, 0.29) is 11.5 Å². The first-order valence-corrected chi connectivity index (χ1v) is 9.94. The molecule has 27 heavy (non-hydrogen) atoms. The summed E-state index contributed by atoms with van der Waals surface area (Å²) in [4.78, 5) is 18.8. The van der Waals surface area contributed by atoms with Crippen LogP contribution in [0, 0.1) is 5.41 Å². The third-order valence-electron chi connectivity index (χ3n) is 5.98. The number of likely N-dealkylation sites (tertiary alicyclic amines) is 1. The molecule has 1 amide bonds. The molecule has 6 nitrogen and oxygen atoms in total. The maximum Gasteiger partial charge on any atom is 0.410 e. The topological polar surface area (TPSA) is 73.4 Å². The molecule has 2 aromatic rings. The molecule has 146 valence electrons. The second kappa shape index (κ2) is 6.14. The van der Waals surface area contributed by atoms with E-state index in [0.29, 0.717) is 12.0 Å². The predicted octanol–water partition coefficient (Wildman–Crippen LogP) is 4.14. The Morgan fingerprint density at radius 2 is 2.11 bits per heavy atom. The zero-order chi connectivity index (χ0) is 19.4. The van der Waals surface area contributed by atoms with Crippen LogP contribution in [-0.4, -0.2) is 39.2 Å². The number of amides is 1. The third kappa shape index (κ3) is 3.26. The summed E-state index contributed by atoms with van der Waals surface area (Å²) in [5.41, 5.74) is 9.41. The summed E-state index contributed by atoms with van der Waals surface area (Å²) in [6, 6.07) is 6.76. The number of nitrogens with zero attached hydrogens (tertiary/aromatic N) is 3. The van der Waals surface area contributed by atoms with E-state index in [4.69, 9.17) is 10.5 Å². The number of aromatic nitrogens is 2. The molecule has 1 aromatic carbocycles. The van der Waals surface area contributed by atoms with Gasteiger partial charge in [0.1, 0.15) is 5.60 Å². The van der Waals surface area contributed by atoms with Gasteiger partial charge in [0.05, 0.1) is 11.0 Å². The lowest BCUT2D eigenvalue weighted by Gasteiger charge is -2.46. The number of imidazole rings is 1. The Morgan fingerprint density at radius 3 is 2.78 bits per heavy atom. The van der Waals surface area contributed by atoms with E-state index in [1.54, 1.807) is 0 Å². The fraction of sp³-hybridized carbons (Fsp3) is 0.619. The van der Waals surface area contributed by atoms with E-state index in [1.165, 1.54) is 5.56 Å². The number of hydrogen-bond donors (Lipinski definition) is 1. The van der Waals surface area contributed by atoms with Crippen LogP contribution in [0.5, 0.6) is 0 Å². The van der Waals surface area contributed by atoms with Gasteiger partial charge in [-0.05, 0) is 69.6 Å². The van der Waals surface area contributed by atoms with Crippen LogP contribution >= 0.6 is 0 Å². The second-order valence-electron chi connectivity index (χ2n) is 9.23. The minimum Gasteiger partial charge on any atom is -0.444 e. The maximum absolute atomic E-state index is 12.4. The molecule has 1 saturated carbocycles. The van der Waals surface area contributed by atoms with Crippen molar-refractivity contribution in [2.45, 2.75) is 65.0 Å². The van der Waals surface area contributed by atoms with E-state index < -0.39 is 5.60 Å². The Hall–Kier alpha value is -2.24. The fourth-order valence-corrected chi connectivity index (χ4v) is 4.63. The molecule has 4 rings (SSSR count). The van der Waals surface area contributed by atoms with Gasteiger partial charge in [0.2, 0.25) is 5.95 Å². The number of nitrogen functional groups attached to an aromatic ring is 1. The number of nitrogens with two attached hydrogens (primary N) is 1. The first-order valence-electron chi connectivity index (χ1n) is 9.94. The molecule has 0 unspecified atom stereocenters. The number of ether oxygens (including phenoxy) is 1. The van der Waals surface area contributed by atoms with Crippen LogP contribution in [0.1, 0.15) is 58.6 Å². The van der Waals surface area contributed by atoms with Crippen molar-refractivity contribution < 1.29 is 9.53 Å². The van der Waals surface area contributed by atoms with Crippen molar-refractivity contribution in [1.82, 2.24) is 14.5 Å². The van der Waals surface area contributed by atoms with Crippen molar-refractivity contribution in [3.8, 4) is 0 Å². The maximum atomic E-state index is 12.4. The molecular weight excluding hydrogens is 340 g/mol. The average molecular weight is 370 g/mol. The monoisotopic (exact) mass is 370 g/mol. The molecule has 1 aliphatic carbocycles. The van der Waals surface area contributed by atoms with Gasteiger partial charge in [0.15, 0.2) is 0 Å². The number of anilines is 1. The van der Waals surface area contributed by atoms with Crippen molar-refractivity contribution in [3.63, 3.8) is 0 Å². The molecule has 0 radical (unpaired) electrons. The standard InChI is InChI=1S/C21H30N4O2/c1-5-14-6-7-16-17(10-14)25(18(22)23-16)15-11-21(12-15)8-9-24(13-21)19(26)27-20(2,3)4/h6-7,10,15H,5,8-9,11-13H2,1-4H3,(H2,22,23). The van der Waals surface area contributed by atoms with E-state index in [1.807, 2.05) is 25.7 Å². The lowest BCUT2D eigenvalue weighted by atomic mass is 9.65. The predicted molar refractivity (Wildman–Crippen MR) is 107 cm³/mol. The van der Waals surface area contributed by atoms with Crippen molar-refractivity contribution in [2.75, 3.05) is 18.8 Å². The molecule has 0 bridgehead atoms. The van der Waals surface area contributed by atoms with E-state index in [0.717, 1.165) is 49.8 Å². The average Bonchev–Trinajstić information content (AvgIpc) is 3.12. The third-order valence-corrected chi connectivity index (χ3v) is 5.98. The molecule has 2 N–H and O–H groups in total. The SMILES string of the molecule is CCc1ccc2nc(N)n(C3CC4(CCN(C(=O)OC(C)(C)C)C4)C3)c2c1. The molecule has 1 saturated heterocycles. The van der Waals surface area contributed by atoms with Gasteiger partial charge in [-0.1, -0.05) is 13.0 Å².